The van der Waals surface area contributed by atoms with Gasteiger partial charge in [-0.2, -0.15) is 12.7 Å². The molecule has 2 rings (SSSR count). The second kappa shape index (κ2) is 6.96. The van der Waals surface area contributed by atoms with Gasteiger partial charge >= 0.3 is 10.2 Å². The fourth-order valence-electron chi connectivity index (χ4n) is 1.95. The molecule has 0 atom stereocenters. The molecule has 1 aromatic carbocycles. The minimum atomic E-state index is -3.54. The first-order valence-corrected chi connectivity index (χ1v) is 8.94. The molecule has 0 aromatic heterocycles. The maximum absolute atomic E-state index is 12.3. The lowest BCUT2D eigenvalue weighted by atomic mass is 10.2. The van der Waals surface area contributed by atoms with Crippen molar-refractivity contribution in [3.8, 4) is 0 Å². The molecular weight excluding hydrogens is 310 g/mol. The van der Waals surface area contributed by atoms with E-state index < -0.39 is 10.2 Å². The molecular formula is C14H22ClN3O2S. The predicted octanol–water partition coefficient (Wildman–Crippen LogP) is 2.38. The Labute approximate surface area is 131 Å². The van der Waals surface area contributed by atoms with Crippen molar-refractivity contribution in [1.29, 1.82) is 0 Å². The molecule has 0 saturated heterocycles. The second-order valence-corrected chi connectivity index (χ2v) is 7.61. The average Bonchev–Trinajstić information content (AvgIpc) is 3.23. The van der Waals surface area contributed by atoms with E-state index in [-0.39, 0.29) is 0 Å². The van der Waals surface area contributed by atoms with Gasteiger partial charge in [-0.05, 0) is 50.4 Å². The molecule has 21 heavy (non-hydrogen) atoms. The zero-order valence-electron chi connectivity index (χ0n) is 12.4. The van der Waals surface area contributed by atoms with Crippen LogP contribution in [-0.2, 0) is 10.2 Å². The van der Waals surface area contributed by atoms with Gasteiger partial charge in [0.1, 0.15) is 0 Å². The van der Waals surface area contributed by atoms with Crippen molar-refractivity contribution in [3.05, 3.63) is 28.8 Å². The van der Waals surface area contributed by atoms with Gasteiger partial charge < -0.3 is 5.32 Å². The summed E-state index contributed by atoms with van der Waals surface area (Å²) >= 11 is 6.00. The Balaban J connectivity index is 1.88. The van der Waals surface area contributed by atoms with E-state index in [9.17, 15) is 8.42 Å². The highest BCUT2D eigenvalue weighted by Crippen LogP contribution is 2.24. The van der Waals surface area contributed by atoms with E-state index in [1.807, 2.05) is 0 Å². The van der Waals surface area contributed by atoms with Crippen molar-refractivity contribution in [2.75, 3.05) is 24.9 Å². The lowest BCUT2D eigenvalue weighted by Gasteiger charge is -2.19. The number of benzene rings is 1. The number of hydrogen-bond acceptors (Lipinski definition) is 3. The van der Waals surface area contributed by atoms with Crippen LogP contribution in [0.2, 0.25) is 5.02 Å². The predicted molar refractivity (Wildman–Crippen MR) is 87.0 cm³/mol. The number of rotatable bonds is 8. The SMILES string of the molecule is Cc1c(Cl)cccc1NS(=O)(=O)N(C)CCCNC1CC1. The first kappa shape index (κ1) is 16.5. The van der Waals surface area contributed by atoms with Crippen LogP contribution in [0.5, 0.6) is 0 Å². The van der Waals surface area contributed by atoms with Gasteiger partial charge in [0.2, 0.25) is 0 Å². The van der Waals surface area contributed by atoms with Crippen LogP contribution in [0.25, 0.3) is 0 Å². The van der Waals surface area contributed by atoms with Crippen molar-refractivity contribution in [3.63, 3.8) is 0 Å². The molecule has 118 valence electrons. The van der Waals surface area contributed by atoms with Crippen LogP contribution in [0.4, 0.5) is 5.69 Å². The van der Waals surface area contributed by atoms with Crippen LogP contribution < -0.4 is 10.0 Å². The fourth-order valence-corrected chi connectivity index (χ4v) is 3.15. The zero-order chi connectivity index (χ0) is 15.5. The molecule has 1 aliphatic carbocycles. The summed E-state index contributed by atoms with van der Waals surface area (Å²) in [6.07, 6.45) is 3.27. The van der Waals surface area contributed by atoms with Gasteiger partial charge in [-0.3, -0.25) is 4.72 Å². The number of anilines is 1. The van der Waals surface area contributed by atoms with Crippen LogP contribution in [-0.4, -0.2) is 38.9 Å². The Hall–Kier alpha value is -0.820. The topological polar surface area (TPSA) is 61.4 Å². The summed E-state index contributed by atoms with van der Waals surface area (Å²) < 4.78 is 28.4. The Kier molecular flexibility index (Phi) is 5.48. The number of hydrogen-bond donors (Lipinski definition) is 2. The van der Waals surface area contributed by atoms with Gasteiger partial charge in [-0.1, -0.05) is 17.7 Å². The molecule has 5 nitrogen and oxygen atoms in total. The summed E-state index contributed by atoms with van der Waals surface area (Å²) in [5.74, 6) is 0. The molecule has 1 saturated carbocycles. The maximum Gasteiger partial charge on any atom is 0.301 e. The summed E-state index contributed by atoms with van der Waals surface area (Å²) in [5, 5.41) is 3.92. The van der Waals surface area contributed by atoms with Gasteiger partial charge in [0.05, 0.1) is 5.69 Å². The zero-order valence-corrected chi connectivity index (χ0v) is 14.0. The molecule has 1 aromatic rings. The molecule has 1 fully saturated rings. The van der Waals surface area contributed by atoms with Crippen LogP contribution >= 0.6 is 11.6 Å². The standard InChI is InChI=1S/C14H22ClN3O2S/c1-11-13(15)5-3-6-14(11)17-21(19,20)18(2)10-4-9-16-12-7-8-12/h3,5-6,12,16-17H,4,7-10H2,1-2H3. The smallest absolute Gasteiger partial charge is 0.301 e. The molecule has 7 heteroatoms. The summed E-state index contributed by atoms with van der Waals surface area (Å²) in [6, 6.07) is 5.83. The largest absolute Gasteiger partial charge is 0.314 e. The van der Waals surface area contributed by atoms with Crippen molar-refractivity contribution in [2.45, 2.75) is 32.2 Å². The van der Waals surface area contributed by atoms with Gasteiger partial charge in [-0.25, -0.2) is 0 Å². The van der Waals surface area contributed by atoms with Crippen LogP contribution in [0.15, 0.2) is 18.2 Å². The molecule has 0 bridgehead atoms. The Morgan fingerprint density at radius 3 is 2.76 bits per heavy atom. The molecule has 0 spiro atoms. The normalized spacial score (nSPS) is 15.4. The third-order valence-electron chi connectivity index (χ3n) is 3.58. The van der Waals surface area contributed by atoms with Crippen LogP contribution in [0.3, 0.4) is 0 Å². The minimum Gasteiger partial charge on any atom is -0.314 e. The van der Waals surface area contributed by atoms with Crippen molar-refractivity contribution in [1.82, 2.24) is 9.62 Å². The third-order valence-corrected chi connectivity index (χ3v) is 5.47. The van der Waals surface area contributed by atoms with Gasteiger partial charge in [0.15, 0.2) is 0 Å². The molecule has 2 N–H and O–H groups in total. The second-order valence-electron chi connectivity index (χ2n) is 5.42. The quantitative estimate of drug-likeness (QED) is 0.719. The average molecular weight is 332 g/mol. The Morgan fingerprint density at radius 1 is 1.38 bits per heavy atom. The van der Waals surface area contributed by atoms with Crippen molar-refractivity contribution < 1.29 is 8.42 Å². The first-order chi connectivity index (χ1) is 9.90. The van der Waals surface area contributed by atoms with E-state index in [0.29, 0.717) is 23.3 Å². The highest BCUT2D eigenvalue weighted by molar-refractivity contribution is 7.90. The van der Waals surface area contributed by atoms with E-state index in [1.165, 1.54) is 17.1 Å². The maximum atomic E-state index is 12.3. The number of nitrogens with zero attached hydrogens (tertiary/aromatic N) is 1. The monoisotopic (exact) mass is 331 g/mol. The first-order valence-electron chi connectivity index (χ1n) is 7.13. The molecule has 0 unspecified atom stereocenters. The van der Waals surface area contributed by atoms with E-state index in [4.69, 9.17) is 11.6 Å². The minimum absolute atomic E-state index is 0.481. The van der Waals surface area contributed by atoms with Crippen LogP contribution in [0.1, 0.15) is 24.8 Å². The molecule has 0 radical (unpaired) electrons. The van der Waals surface area contributed by atoms with E-state index in [0.717, 1.165) is 18.5 Å². The lowest BCUT2D eigenvalue weighted by molar-refractivity contribution is 0.458. The summed E-state index contributed by atoms with van der Waals surface area (Å²) in [5.41, 5.74) is 1.25. The molecule has 0 amide bonds. The number of halogens is 1. The summed E-state index contributed by atoms with van der Waals surface area (Å²) in [4.78, 5) is 0. The number of nitrogens with one attached hydrogen (secondary N) is 2. The third kappa shape index (κ3) is 4.85. The summed E-state index contributed by atoms with van der Waals surface area (Å²) in [6.45, 7) is 3.12. The highest BCUT2D eigenvalue weighted by atomic mass is 35.5. The van der Waals surface area contributed by atoms with E-state index >= 15 is 0 Å². The Morgan fingerprint density at radius 2 is 2.10 bits per heavy atom. The van der Waals surface area contributed by atoms with Crippen molar-refractivity contribution in [2.24, 2.45) is 0 Å². The van der Waals surface area contributed by atoms with E-state index in [2.05, 4.69) is 10.0 Å². The molecule has 0 aliphatic heterocycles. The van der Waals surface area contributed by atoms with Crippen molar-refractivity contribution >= 4 is 27.5 Å². The lowest BCUT2D eigenvalue weighted by Crippen LogP contribution is -2.34. The van der Waals surface area contributed by atoms with Crippen LogP contribution in [0, 0.1) is 6.92 Å². The van der Waals surface area contributed by atoms with Gasteiger partial charge in [0, 0.05) is 24.7 Å². The van der Waals surface area contributed by atoms with Gasteiger partial charge in [0.25, 0.3) is 0 Å². The van der Waals surface area contributed by atoms with E-state index in [1.54, 1.807) is 32.2 Å². The Bertz CT molecular complexity index is 588. The summed E-state index contributed by atoms with van der Waals surface area (Å²) in [7, 11) is -1.96. The highest BCUT2D eigenvalue weighted by Gasteiger charge is 2.21. The fraction of sp³-hybridized carbons (Fsp3) is 0.571. The molecule has 0 heterocycles. The molecule has 1 aliphatic rings. The van der Waals surface area contributed by atoms with Gasteiger partial charge in [-0.15, -0.1) is 0 Å².